The summed E-state index contributed by atoms with van der Waals surface area (Å²) in [5, 5.41) is 22.1. The zero-order valence-corrected chi connectivity index (χ0v) is 16.7. The highest BCUT2D eigenvalue weighted by Gasteiger charge is 2.20. The standard InChI is InChI=1S/C20H25ClN4O3/c1-2-28-22-14-16-11-17(26)13-18(12-16)27-10-7-15-5-8-25(9-6-15)20-4-3-19(21)23-24-20/h3-4,11-15,26H,2,5-10H2,1H3. The molecule has 0 saturated carbocycles. The summed E-state index contributed by atoms with van der Waals surface area (Å²) >= 11 is 5.80. The van der Waals surface area contributed by atoms with Gasteiger partial charge in [-0.25, -0.2) is 0 Å². The average Bonchev–Trinajstić information content (AvgIpc) is 2.69. The molecule has 0 unspecified atom stereocenters. The maximum atomic E-state index is 9.85. The van der Waals surface area contributed by atoms with Crippen LogP contribution in [0.4, 0.5) is 5.82 Å². The molecule has 8 heteroatoms. The molecule has 1 N–H and O–H groups in total. The van der Waals surface area contributed by atoms with Crippen molar-refractivity contribution >= 4 is 23.6 Å². The largest absolute Gasteiger partial charge is 0.508 e. The summed E-state index contributed by atoms with van der Waals surface area (Å²) in [7, 11) is 0. The van der Waals surface area contributed by atoms with E-state index in [9.17, 15) is 5.11 Å². The molecule has 1 saturated heterocycles. The van der Waals surface area contributed by atoms with Crippen LogP contribution in [-0.2, 0) is 4.84 Å². The summed E-state index contributed by atoms with van der Waals surface area (Å²) in [4.78, 5) is 7.19. The number of halogens is 1. The molecule has 0 amide bonds. The number of ether oxygens (including phenoxy) is 1. The van der Waals surface area contributed by atoms with Crippen LogP contribution in [0, 0.1) is 5.92 Å². The molecule has 1 fully saturated rings. The minimum absolute atomic E-state index is 0.146. The number of benzene rings is 1. The van der Waals surface area contributed by atoms with Crippen LogP contribution in [0.5, 0.6) is 11.5 Å². The Hall–Kier alpha value is -2.54. The summed E-state index contributed by atoms with van der Waals surface area (Å²) < 4.78 is 5.85. The minimum Gasteiger partial charge on any atom is -0.508 e. The number of nitrogens with zero attached hydrogens (tertiary/aromatic N) is 4. The van der Waals surface area contributed by atoms with E-state index in [1.807, 2.05) is 19.1 Å². The quantitative estimate of drug-likeness (QED) is 0.531. The van der Waals surface area contributed by atoms with Crippen molar-refractivity contribution in [1.29, 1.82) is 0 Å². The number of phenolic OH excluding ortho intramolecular Hbond substituents is 1. The van der Waals surface area contributed by atoms with Crippen molar-refractivity contribution in [2.75, 3.05) is 31.2 Å². The van der Waals surface area contributed by atoms with Crippen LogP contribution in [0.3, 0.4) is 0 Å². The Morgan fingerprint density at radius 3 is 2.79 bits per heavy atom. The lowest BCUT2D eigenvalue weighted by atomic mass is 9.94. The number of aromatic nitrogens is 2. The van der Waals surface area contributed by atoms with Crippen LogP contribution < -0.4 is 9.64 Å². The van der Waals surface area contributed by atoms with Gasteiger partial charge in [-0.15, -0.1) is 10.2 Å². The molecule has 1 aliphatic heterocycles. The van der Waals surface area contributed by atoms with Crippen LogP contribution in [0.15, 0.2) is 35.5 Å². The summed E-state index contributed by atoms with van der Waals surface area (Å²) in [6.45, 7) is 4.87. The molecule has 0 aliphatic carbocycles. The van der Waals surface area contributed by atoms with Gasteiger partial charge in [0.05, 0.1) is 12.8 Å². The Balaban J connectivity index is 1.44. The summed E-state index contributed by atoms with van der Waals surface area (Å²) in [6.07, 6.45) is 4.70. The second-order valence-corrected chi connectivity index (χ2v) is 7.08. The van der Waals surface area contributed by atoms with E-state index in [1.165, 1.54) is 0 Å². The van der Waals surface area contributed by atoms with E-state index in [4.69, 9.17) is 21.2 Å². The normalized spacial score (nSPS) is 15.1. The fourth-order valence-electron chi connectivity index (χ4n) is 3.21. The minimum atomic E-state index is 0.146. The third kappa shape index (κ3) is 5.99. The smallest absolute Gasteiger partial charge is 0.151 e. The third-order valence-electron chi connectivity index (χ3n) is 4.67. The first-order chi connectivity index (χ1) is 13.6. The van der Waals surface area contributed by atoms with Crippen molar-refractivity contribution < 1.29 is 14.7 Å². The monoisotopic (exact) mass is 404 g/mol. The number of aromatic hydroxyl groups is 1. The van der Waals surface area contributed by atoms with Crippen molar-refractivity contribution in [3.8, 4) is 11.5 Å². The molecule has 1 aromatic carbocycles. The number of anilines is 1. The lowest BCUT2D eigenvalue weighted by molar-refractivity contribution is 0.160. The van der Waals surface area contributed by atoms with Crippen molar-refractivity contribution in [1.82, 2.24) is 10.2 Å². The summed E-state index contributed by atoms with van der Waals surface area (Å²) in [5.41, 5.74) is 0.737. The van der Waals surface area contributed by atoms with Gasteiger partial charge in [0.15, 0.2) is 11.0 Å². The number of hydrogen-bond donors (Lipinski definition) is 1. The highest BCUT2D eigenvalue weighted by molar-refractivity contribution is 6.29. The van der Waals surface area contributed by atoms with Crippen molar-refractivity contribution in [3.05, 3.63) is 41.0 Å². The Kier molecular flexibility index (Phi) is 7.31. The van der Waals surface area contributed by atoms with Gasteiger partial charge in [-0.05, 0) is 56.4 Å². The molecule has 150 valence electrons. The van der Waals surface area contributed by atoms with Gasteiger partial charge >= 0.3 is 0 Å². The molecule has 1 aromatic heterocycles. The van der Waals surface area contributed by atoms with Crippen molar-refractivity contribution in [2.45, 2.75) is 26.2 Å². The second kappa shape index (κ2) is 10.1. The molecule has 2 heterocycles. The van der Waals surface area contributed by atoms with E-state index in [0.717, 1.165) is 43.7 Å². The van der Waals surface area contributed by atoms with Gasteiger partial charge < -0.3 is 19.6 Å². The molecule has 28 heavy (non-hydrogen) atoms. The molecule has 0 spiro atoms. The molecule has 7 nitrogen and oxygen atoms in total. The van der Waals surface area contributed by atoms with Gasteiger partial charge in [-0.2, -0.15) is 0 Å². The number of oxime groups is 1. The number of hydrogen-bond acceptors (Lipinski definition) is 7. The molecular formula is C20H25ClN4O3. The fraction of sp³-hybridized carbons (Fsp3) is 0.450. The first-order valence-electron chi connectivity index (χ1n) is 9.50. The number of phenols is 1. The predicted molar refractivity (Wildman–Crippen MR) is 109 cm³/mol. The predicted octanol–water partition coefficient (Wildman–Crippen LogP) is 3.89. The van der Waals surface area contributed by atoms with Crippen LogP contribution in [0.1, 0.15) is 31.7 Å². The SMILES string of the molecule is CCON=Cc1cc(O)cc(OCCC2CCN(c3ccc(Cl)nn3)CC2)c1. The van der Waals surface area contributed by atoms with E-state index in [1.54, 1.807) is 24.4 Å². The van der Waals surface area contributed by atoms with Crippen molar-refractivity contribution in [3.63, 3.8) is 0 Å². The summed E-state index contributed by atoms with van der Waals surface area (Å²) in [5.74, 6) is 2.26. The van der Waals surface area contributed by atoms with Gasteiger partial charge in [0, 0.05) is 24.7 Å². The van der Waals surface area contributed by atoms with Gasteiger partial charge in [0.25, 0.3) is 0 Å². The topological polar surface area (TPSA) is 80.1 Å². The Labute approximate surface area is 169 Å². The van der Waals surface area contributed by atoms with Gasteiger partial charge in [0.1, 0.15) is 18.1 Å². The first kappa shape index (κ1) is 20.2. The lowest BCUT2D eigenvalue weighted by Crippen LogP contribution is -2.34. The zero-order valence-electron chi connectivity index (χ0n) is 15.9. The Bertz CT molecular complexity index is 778. The van der Waals surface area contributed by atoms with E-state index in [2.05, 4.69) is 20.3 Å². The molecule has 3 rings (SSSR count). The fourth-order valence-corrected chi connectivity index (χ4v) is 3.31. The van der Waals surface area contributed by atoms with E-state index in [0.29, 0.717) is 30.0 Å². The Morgan fingerprint density at radius 2 is 2.07 bits per heavy atom. The van der Waals surface area contributed by atoms with Gasteiger partial charge in [-0.3, -0.25) is 0 Å². The molecule has 1 aliphatic rings. The highest BCUT2D eigenvalue weighted by Crippen LogP contribution is 2.25. The number of rotatable bonds is 8. The molecule has 2 aromatic rings. The van der Waals surface area contributed by atoms with E-state index < -0.39 is 0 Å². The molecule has 0 bridgehead atoms. The molecular weight excluding hydrogens is 380 g/mol. The third-order valence-corrected chi connectivity index (χ3v) is 4.87. The number of piperidine rings is 1. The maximum absolute atomic E-state index is 9.85. The average molecular weight is 405 g/mol. The summed E-state index contributed by atoms with van der Waals surface area (Å²) in [6, 6.07) is 8.74. The second-order valence-electron chi connectivity index (χ2n) is 6.69. The maximum Gasteiger partial charge on any atom is 0.151 e. The molecule has 0 radical (unpaired) electrons. The van der Waals surface area contributed by atoms with Gasteiger partial charge in [0.2, 0.25) is 0 Å². The van der Waals surface area contributed by atoms with Crippen LogP contribution in [0.25, 0.3) is 0 Å². The van der Waals surface area contributed by atoms with Crippen LogP contribution in [-0.4, -0.2) is 47.8 Å². The van der Waals surface area contributed by atoms with Crippen LogP contribution in [0.2, 0.25) is 5.15 Å². The first-order valence-corrected chi connectivity index (χ1v) is 9.88. The van der Waals surface area contributed by atoms with Crippen LogP contribution >= 0.6 is 11.6 Å². The van der Waals surface area contributed by atoms with Gasteiger partial charge in [-0.1, -0.05) is 16.8 Å². The van der Waals surface area contributed by atoms with E-state index in [-0.39, 0.29) is 5.75 Å². The lowest BCUT2D eigenvalue weighted by Gasteiger charge is -2.32. The van der Waals surface area contributed by atoms with E-state index >= 15 is 0 Å². The Morgan fingerprint density at radius 1 is 1.25 bits per heavy atom. The highest BCUT2D eigenvalue weighted by atomic mass is 35.5. The van der Waals surface area contributed by atoms with Crippen molar-refractivity contribution in [2.24, 2.45) is 11.1 Å². The zero-order chi connectivity index (χ0) is 19.8. The molecule has 0 atom stereocenters.